The molecule has 0 amide bonds. The fraction of sp³-hybridized carbons (Fsp3) is 0.444. The van der Waals surface area contributed by atoms with Gasteiger partial charge in [0, 0.05) is 6.54 Å². The Hall–Kier alpha value is -1.55. The highest BCUT2D eigenvalue weighted by Gasteiger charge is 2.38. The van der Waals surface area contributed by atoms with Crippen LogP contribution in [0.4, 0.5) is 26.3 Å². The number of alkyl halides is 6. The second kappa shape index (κ2) is 5.21. The van der Waals surface area contributed by atoms with Crippen molar-refractivity contribution in [3.63, 3.8) is 0 Å². The molecule has 1 aromatic rings. The monoisotopic (exact) mass is 290 g/mol. The molecule has 1 rings (SSSR count). The first-order valence-electron chi connectivity index (χ1n) is 4.75. The lowest BCUT2D eigenvalue weighted by Gasteiger charge is -2.17. The molecular weight excluding hydrogens is 282 g/mol. The van der Waals surface area contributed by atoms with Crippen LogP contribution in [0, 0.1) is 0 Å². The predicted molar refractivity (Wildman–Crippen MR) is 49.7 cm³/mol. The van der Waals surface area contributed by atoms with Gasteiger partial charge in [0.1, 0.15) is 5.69 Å². The molecule has 1 heterocycles. The van der Waals surface area contributed by atoms with Crippen molar-refractivity contribution in [2.24, 2.45) is 5.73 Å². The Kier molecular flexibility index (Phi) is 4.25. The van der Waals surface area contributed by atoms with E-state index < -0.39 is 48.4 Å². The molecule has 0 atom stereocenters. The molecule has 19 heavy (non-hydrogen) atoms. The molecule has 4 nitrogen and oxygen atoms in total. The summed E-state index contributed by atoms with van der Waals surface area (Å²) in [5.41, 5.74) is 2.25. The summed E-state index contributed by atoms with van der Waals surface area (Å²) in [6.45, 7) is -1.66. The fourth-order valence-corrected chi connectivity index (χ4v) is 1.30. The van der Waals surface area contributed by atoms with E-state index in [0.29, 0.717) is 0 Å². The Bertz CT molecular complexity index is 457. The largest absolute Gasteiger partial charge is 0.573 e. The lowest BCUT2D eigenvalue weighted by Crippen LogP contribution is -2.21. The van der Waals surface area contributed by atoms with E-state index >= 15 is 0 Å². The van der Waals surface area contributed by atoms with Gasteiger partial charge in [-0.3, -0.25) is 0 Å². The van der Waals surface area contributed by atoms with Gasteiger partial charge in [-0.1, -0.05) is 0 Å². The van der Waals surface area contributed by atoms with Crippen molar-refractivity contribution in [1.29, 1.82) is 0 Å². The van der Waals surface area contributed by atoms with Gasteiger partial charge < -0.3 is 15.6 Å². The Balaban J connectivity index is 3.38. The molecule has 0 aliphatic rings. The van der Waals surface area contributed by atoms with Gasteiger partial charge in [0.25, 0.3) is 0 Å². The minimum absolute atomic E-state index is 0.119. The molecule has 0 fully saturated rings. The lowest BCUT2D eigenvalue weighted by atomic mass is 10.1. The highest BCUT2D eigenvalue weighted by molar-refractivity contribution is 5.37. The highest BCUT2D eigenvalue weighted by Crippen LogP contribution is 2.36. The molecule has 10 heteroatoms. The van der Waals surface area contributed by atoms with Crippen molar-refractivity contribution < 1.29 is 36.2 Å². The first-order chi connectivity index (χ1) is 8.58. The van der Waals surface area contributed by atoms with E-state index in [0.717, 1.165) is 0 Å². The normalized spacial score (nSPS) is 12.6. The third kappa shape index (κ3) is 3.96. The van der Waals surface area contributed by atoms with Crippen LogP contribution in [-0.4, -0.2) is 16.5 Å². The quantitative estimate of drug-likeness (QED) is 0.835. The molecule has 108 valence electrons. The summed E-state index contributed by atoms with van der Waals surface area (Å²) in [4.78, 5) is 3.24. The maximum atomic E-state index is 12.6. The van der Waals surface area contributed by atoms with Crippen LogP contribution in [-0.2, 0) is 19.3 Å². The van der Waals surface area contributed by atoms with Gasteiger partial charge in [-0.25, -0.2) is 4.98 Å². The number of ether oxygens (including phenoxy) is 1. The predicted octanol–water partition coefficient (Wildman–Crippen LogP) is 1.95. The van der Waals surface area contributed by atoms with Crippen LogP contribution < -0.4 is 10.5 Å². The number of rotatable bonds is 3. The van der Waals surface area contributed by atoms with Gasteiger partial charge in [0.05, 0.1) is 17.9 Å². The van der Waals surface area contributed by atoms with Gasteiger partial charge in [-0.05, 0) is 6.07 Å². The second-order valence-electron chi connectivity index (χ2n) is 3.34. The summed E-state index contributed by atoms with van der Waals surface area (Å²) in [6, 6.07) is 0.119. The summed E-state index contributed by atoms with van der Waals surface area (Å²) < 4.78 is 77.3. The number of aromatic nitrogens is 1. The fourth-order valence-electron chi connectivity index (χ4n) is 1.30. The first-order valence-corrected chi connectivity index (χ1v) is 4.75. The van der Waals surface area contributed by atoms with Gasteiger partial charge >= 0.3 is 12.5 Å². The summed E-state index contributed by atoms with van der Waals surface area (Å²) >= 11 is 0. The van der Waals surface area contributed by atoms with E-state index in [1.165, 1.54) is 0 Å². The maximum absolute atomic E-state index is 12.6. The topological polar surface area (TPSA) is 68.4 Å². The lowest BCUT2D eigenvalue weighted by molar-refractivity contribution is -0.275. The number of halogens is 6. The zero-order valence-corrected chi connectivity index (χ0v) is 9.14. The zero-order valence-electron chi connectivity index (χ0n) is 9.14. The summed E-state index contributed by atoms with van der Waals surface area (Å²) in [5, 5.41) is 8.80. The van der Waals surface area contributed by atoms with Crippen molar-refractivity contribution >= 4 is 0 Å². The highest BCUT2D eigenvalue weighted by atomic mass is 19.4. The number of nitrogens with zero attached hydrogens (tertiary/aromatic N) is 1. The minimum atomic E-state index is -5.20. The van der Waals surface area contributed by atoms with E-state index in [4.69, 9.17) is 10.8 Å². The van der Waals surface area contributed by atoms with E-state index in [1.54, 1.807) is 0 Å². The van der Waals surface area contributed by atoms with E-state index in [9.17, 15) is 26.3 Å². The zero-order chi connectivity index (χ0) is 14.8. The summed E-state index contributed by atoms with van der Waals surface area (Å²) in [7, 11) is 0. The molecular formula is C9H8F6N2O2. The van der Waals surface area contributed by atoms with Gasteiger partial charge in [0.2, 0.25) is 0 Å². The molecule has 0 unspecified atom stereocenters. The van der Waals surface area contributed by atoms with Crippen LogP contribution in [0.5, 0.6) is 5.75 Å². The van der Waals surface area contributed by atoms with Crippen LogP contribution in [0.15, 0.2) is 6.07 Å². The number of pyridine rings is 1. The molecule has 0 bridgehead atoms. The molecule has 3 N–H and O–H groups in total. The SMILES string of the molecule is NCc1nc(CO)c(OC(F)(F)F)cc1C(F)(F)F. The molecule has 0 aromatic carbocycles. The van der Waals surface area contributed by atoms with Crippen molar-refractivity contribution in [1.82, 2.24) is 4.98 Å². The van der Waals surface area contributed by atoms with Gasteiger partial charge in [-0.15, -0.1) is 13.2 Å². The van der Waals surface area contributed by atoms with Crippen molar-refractivity contribution in [2.45, 2.75) is 25.7 Å². The Morgan fingerprint density at radius 2 is 1.74 bits per heavy atom. The second-order valence-corrected chi connectivity index (χ2v) is 3.34. The van der Waals surface area contributed by atoms with Crippen molar-refractivity contribution in [3.05, 3.63) is 23.0 Å². The van der Waals surface area contributed by atoms with Crippen molar-refractivity contribution in [2.75, 3.05) is 0 Å². The summed E-state index contributed by atoms with van der Waals surface area (Å²) in [5.74, 6) is -1.21. The van der Waals surface area contributed by atoms with Crippen molar-refractivity contribution in [3.8, 4) is 5.75 Å². The molecule has 1 aromatic heterocycles. The third-order valence-corrected chi connectivity index (χ3v) is 2.01. The third-order valence-electron chi connectivity index (χ3n) is 2.01. The average molecular weight is 290 g/mol. The summed E-state index contributed by atoms with van der Waals surface area (Å²) in [6.07, 6.45) is -10.1. The van der Waals surface area contributed by atoms with Crippen LogP contribution in [0.2, 0.25) is 0 Å². The number of aliphatic hydroxyl groups is 1. The van der Waals surface area contributed by atoms with Crippen LogP contribution in [0.1, 0.15) is 17.0 Å². The molecule has 0 aliphatic heterocycles. The van der Waals surface area contributed by atoms with Crippen LogP contribution >= 0.6 is 0 Å². The molecule has 0 spiro atoms. The Morgan fingerprint density at radius 1 is 1.16 bits per heavy atom. The molecule has 0 saturated heterocycles. The van der Waals surface area contributed by atoms with E-state index in [-0.39, 0.29) is 6.07 Å². The van der Waals surface area contributed by atoms with Crippen LogP contribution in [0.3, 0.4) is 0 Å². The number of hydrogen-bond acceptors (Lipinski definition) is 4. The maximum Gasteiger partial charge on any atom is 0.573 e. The van der Waals surface area contributed by atoms with Gasteiger partial charge in [-0.2, -0.15) is 13.2 Å². The number of aliphatic hydroxyl groups excluding tert-OH is 1. The van der Waals surface area contributed by atoms with E-state index in [1.807, 2.05) is 0 Å². The minimum Gasteiger partial charge on any atom is -0.404 e. The first kappa shape index (κ1) is 15.5. The average Bonchev–Trinajstić information content (AvgIpc) is 2.25. The smallest absolute Gasteiger partial charge is 0.404 e. The standard InChI is InChI=1S/C9H8F6N2O2/c10-8(11,12)4-1-7(19-9(13,14)15)6(3-18)17-5(4)2-16/h1,18H,2-3,16H2. The van der Waals surface area contributed by atoms with Gasteiger partial charge in [0.15, 0.2) is 5.75 Å². The number of nitrogens with two attached hydrogens (primary N) is 1. The molecule has 0 saturated carbocycles. The van der Waals surface area contributed by atoms with E-state index in [2.05, 4.69) is 9.72 Å². The van der Waals surface area contributed by atoms with Crippen LogP contribution in [0.25, 0.3) is 0 Å². The molecule has 0 aliphatic carbocycles. The molecule has 0 radical (unpaired) electrons. The number of hydrogen-bond donors (Lipinski definition) is 2. The Labute approximate surface area is 102 Å². The Morgan fingerprint density at radius 3 is 2.11 bits per heavy atom.